The fraction of sp³-hybridized carbons (Fsp3) is 0.529. The van der Waals surface area contributed by atoms with Gasteiger partial charge < -0.3 is 15.0 Å². The summed E-state index contributed by atoms with van der Waals surface area (Å²) < 4.78 is 5.53. The Morgan fingerprint density at radius 2 is 2.14 bits per heavy atom. The number of nitrogens with zero attached hydrogens (tertiary/aromatic N) is 1. The van der Waals surface area contributed by atoms with Crippen molar-refractivity contribution < 1.29 is 14.3 Å². The predicted molar refractivity (Wildman–Crippen MR) is 86.0 cm³/mol. The van der Waals surface area contributed by atoms with Gasteiger partial charge >= 0.3 is 0 Å². The molecule has 0 radical (unpaired) electrons. The lowest BCUT2D eigenvalue weighted by atomic mass is 10.1. The number of benzene rings is 1. The predicted octanol–water partition coefficient (Wildman–Crippen LogP) is 2.35. The zero-order chi connectivity index (χ0) is 16.1. The number of rotatable bonds is 6. The molecule has 1 fully saturated rings. The highest BCUT2D eigenvalue weighted by Crippen LogP contribution is 2.25. The van der Waals surface area contributed by atoms with E-state index in [9.17, 15) is 9.59 Å². The van der Waals surface area contributed by atoms with Crippen molar-refractivity contribution in [2.75, 3.05) is 18.1 Å². The second-order valence-corrected chi connectivity index (χ2v) is 6.04. The Bertz CT molecular complexity index is 542. The van der Waals surface area contributed by atoms with Gasteiger partial charge in [0.15, 0.2) is 6.61 Å². The molecule has 1 atom stereocenters. The molecule has 2 rings (SSSR count). The van der Waals surface area contributed by atoms with Gasteiger partial charge in [-0.05, 0) is 31.4 Å². The van der Waals surface area contributed by atoms with Crippen molar-refractivity contribution in [2.45, 2.75) is 39.7 Å². The summed E-state index contributed by atoms with van der Waals surface area (Å²) in [7, 11) is 0. The molecule has 1 heterocycles. The number of amides is 2. The molecule has 5 nitrogen and oxygen atoms in total. The number of ether oxygens (including phenoxy) is 1. The van der Waals surface area contributed by atoms with Crippen molar-refractivity contribution in [1.29, 1.82) is 0 Å². The Morgan fingerprint density at radius 1 is 1.36 bits per heavy atom. The molecule has 0 bridgehead atoms. The van der Waals surface area contributed by atoms with Crippen LogP contribution in [0.5, 0.6) is 5.75 Å². The van der Waals surface area contributed by atoms with Crippen LogP contribution in [0.4, 0.5) is 5.69 Å². The van der Waals surface area contributed by atoms with E-state index in [0.717, 1.165) is 18.7 Å². The molecule has 2 amide bonds. The maximum Gasteiger partial charge on any atom is 0.258 e. The third kappa shape index (κ3) is 4.23. The third-order valence-electron chi connectivity index (χ3n) is 3.96. The molecule has 1 unspecified atom stereocenters. The van der Waals surface area contributed by atoms with Crippen molar-refractivity contribution in [3.8, 4) is 5.75 Å². The largest absolute Gasteiger partial charge is 0.484 e. The lowest BCUT2D eigenvalue weighted by Gasteiger charge is -2.18. The molecule has 1 aromatic rings. The van der Waals surface area contributed by atoms with E-state index < -0.39 is 0 Å². The Morgan fingerprint density at radius 3 is 2.77 bits per heavy atom. The minimum atomic E-state index is -0.135. The van der Waals surface area contributed by atoms with Crippen LogP contribution in [0.2, 0.25) is 0 Å². The highest BCUT2D eigenvalue weighted by molar-refractivity contribution is 5.95. The molecule has 1 saturated heterocycles. The molecule has 5 heteroatoms. The van der Waals surface area contributed by atoms with Crippen molar-refractivity contribution in [3.05, 3.63) is 24.3 Å². The van der Waals surface area contributed by atoms with Crippen LogP contribution in [0, 0.1) is 5.92 Å². The fourth-order valence-electron chi connectivity index (χ4n) is 2.27. The first-order chi connectivity index (χ1) is 10.5. The van der Waals surface area contributed by atoms with E-state index in [1.165, 1.54) is 0 Å². The van der Waals surface area contributed by atoms with Gasteiger partial charge in [-0.1, -0.05) is 19.9 Å². The van der Waals surface area contributed by atoms with E-state index in [2.05, 4.69) is 19.2 Å². The summed E-state index contributed by atoms with van der Waals surface area (Å²) in [6, 6.07) is 7.44. The lowest BCUT2D eigenvalue weighted by Crippen LogP contribution is -2.38. The van der Waals surface area contributed by atoms with E-state index in [0.29, 0.717) is 18.1 Å². The van der Waals surface area contributed by atoms with Gasteiger partial charge in [0.25, 0.3) is 5.91 Å². The molecular weight excluding hydrogens is 280 g/mol. The third-order valence-corrected chi connectivity index (χ3v) is 3.96. The van der Waals surface area contributed by atoms with Crippen molar-refractivity contribution in [3.63, 3.8) is 0 Å². The summed E-state index contributed by atoms with van der Waals surface area (Å²) >= 11 is 0. The van der Waals surface area contributed by atoms with Gasteiger partial charge in [-0.15, -0.1) is 0 Å². The lowest BCUT2D eigenvalue weighted by molar-refractivity contribution is -0.124. The number of carbonyl (C=O) groups is 2. The number of hydrogen-bond donors (Lipinski definition) is 1. The maximum absolute atomic E-state index is 11.8. The minimum absolute atomic E-state index is 0.0194. The van der Waals surface area contributed by atoms with E-state index >= 15 is 0 Å². The topological polar surface area (TPSA) is 58.6 Å². The molecule has 0 spiro atoms. The number of anilines is 1. The molecule has 0 aromatic heterocycles. The Kier molecular flexibility index (Phi) is 5.41. The van der Waals surface area contributed by atoms with Gasteiger partial charge in [0.05, 0.1) is 0 Å². The Labute approximate surface area is 131 Å². The first-order valence-electron chi connectivity index (χ1n) is 7.80. The van der Waals surface area contributed by atoms with Crippen LogP contribution in [0.1, 0.15) is 33.6 Å². The SMILES string of the molecule is CC(C)C(C)NC(=O)COc1cccc(N2CCCC2=O)c1. The average Bonchev–Trinajstić information content (AvgIpc) is 2.91. The summed E-state index contributed by atoms with van der Waals surface area (Å²) in [6.07, 6.45) is 1.49. The second kappa shape index (κ2) is 7.29. The van der Waals surface area contributed by atoms with Gasteiger partial charge in [0.1, 0.15) is 5.75 Å². The van der Waals surface area contributed by atoms with E-state index in [-0.39, 0.29) is 24.5 Å². The van der Waals surface area contributed by atoms with Crippen molar-refractivity contribution in [2.24, 2.45) is 5.92 Å². The highest BCUT2D eigenvalue weighted by Gasteiger charge is 2.21. The summed E-state index contributed by atoms with van der Waals surface area (Å²) in [5.41, 5.74) is 0.830. The van der Waals surface area contributed by atoms with Gasteiger partial charge in [-0.3, -0.25) is 9.59 Å². The Balaban J connectivity index is 1.91. The molecule has 1 aliphatic rings. The fourth-order valence-corrected chi connectivity index (χ4v) is 2.27. The average molecular weight is 304 g/mol. The standard InChI is InChI=1S/C17H24N2O3/c1-12(2)13(3)18-16(20)11-22-15-7-4-6-14(10-15)19-9-5-8-17(19)21/h4,6-7,10,12-13H,5,8-9,11H2,1-3H3,(H,18,20). The number of carbonyl (C=O) groups excluding carboxylic acids is 2. The van der Waals surface area contributed by atoms with Crippen LogP contribution in [0.3, 0.4) is 0 Å². The van der Waals surface area contributed by atoms with Gasteiger partial charge in [0.2, 0.25) is 5.91 Å². The first kappa shape index (κ1) is 16.3. The summed E-state index contributed by atoms with van der Waals surface area (Å²) in [6.45, 7) is 6.82. The quantitative estimate of drug-likeness (QED) is 0.877. The molecule has 1 aliphatic heterocycles. The van der Waals surface area contributed by atoms with Gasteiger partial charge in [0, 0.05) is 30.8 Å². The van der Waals surface area contributed by atoms with Crippen LogP contribution in [-0.4, -0.2) is 31.0 Å². The van der Waals surface area contributed by atoms with Gasteiger partial charge in [-0.2, -0.15) is 0 Å². The monoisotopic (exact) mass is 304 g/mol. The maximum atomic E-state index is 11.8. The van der Waals surface area contributed by atoms with E-state index in [4.69, 9.17) is 4.74 Å². The molecule has 1 N–H and O–H groups in total. The highest BCUT2D eigenvalue weighted by atomic mass is 16.5. The van der Waals surface area contributed by atoms with Crippen molar-refractivity contribution >= 4 is 17.5 Å². The first-order valence-corrected chi connectivity index (χ1v) is 7.80. The van der Waals surface area contributed by atoms with Crippen LogP contribution in [0.25, 0.3) is 0 Å². The number of hydrogen-bond acceptors (Lipinski definition) is 3. The minimum Gasteiger partial charge on any atom is -0.484 e. The van der Waals surface area contributed by atoms with Crippen LogP contribution in [-0.2, 0) is 9.59 Å². The molecule has 120 valence electrons. The molecule has 1 aromatic carbocycles. The van der Waals surface area contributed by atoms with Crippen LogP contribution < -0.4 is 15.0 Å². The van der Waals surface area contributed by atoms with Crippen molar-refractivity contribution in [1.82, 2.24) is 5.32 Å². The number of nitrogens with one attached hydrogen (secondary N) is 1. The molecule has 0 saturated carbocycles. The van der Waals surface area contributed by atoms with Gasteiger partial charge in [-0.25, -0.2) is 0 Å². The Hall–Kier alpha value is -2.04. The summed E-state index contributed by atoms with van der Waals surface area (Å²) in [4.78, 5) is 25.3. The van der Waals surface area contributed by atoms with Crippen LogP contribution >= 0.6 is 0 Å². The zero-order valence-electron chi connectivity index (χ0n) is 13.5. The van der Waals surface area contributed by atoms with E-state index in [1.54, 1.807) is 11.0 Å². The zero-order valence-corrected chi connectivity index (χ0v) is 13.5. The normalized spacial score (nSPS) is 16.0. The molecular formula is C17H24N2O3. The molecule has 0 aliphatic carbocycles. The summed E-state index contributed by atoms with van der Waals surface area (Å²) in [5, 5.41) is 2.90. The second-order valence-electron chi connectivity index (χ2n) is 6.04. The molecule has 22 heavy (non-hydrogen) atoms. The van der Waals surface area contributed by atoms with Crippen LogP contribution in [0.15, 0.2) is 24.3 Å². The van der Waals surface area contributed by atoms with E-state index in [1.807, 2.05) is 25.1 Å². The summed E-state index contributed by atoms with van der Waals surface area (Å²) in [5.74, 6) is 0.988. The smallest absolute Gasteiger partial charge is 0.258 e.